The van der Waals surface area contributed by atoms with E-state index < -0.39 is 0 Å². The Kier molecular flexibility index (Phi) is 1.62. The molecule has 0 atom stereocenters. The van der Waals surface area contributed by atoms with Crippen LogP contribution in [0.5, 0.6) is 0 Å². The van der Waals surface area contributed by atoms with Gasteiger partial charge in [-0.25, -0.2) is 0 Å². The lowest BCUT2D eigenvalue weighted by atomic mass is 9.82. The summed E-state index contributed by atoms with van der Waals surface area (Å²) in [5.74, 6) is 0. The largest absolute Gasteiger partial charge is 0.252 e. The molecule has 1 aromatic rings. The molecule has 66 valence electrons. The van der Waals surface area contributed by atoms with Crippen LogP contribution in [0.1, 0.15) is 19.4 Å². The lowest BCUT2D eigenvalue weighted by Gasteiger charge is -2.19. The van der Waals surface area contributed by atoms with Crippen molar-refractivity contribution < 1.29 is 0 Å². The molecule has 0 saturated heterocycles. The van der Waals surface area contributed by atoms with E-state index in [0.29, 0.717) is 0 Å². The van der Waals surface area contributed by atoms with E-state index in [1.54, 1.807) is 0 Å². The number of benzene rings is 1. The van der Waals surface area contributed by atoms with Crippen LogP contribution in [0.2, 0.25) is 0 Å². The van der Waals surface area contributed by atoms with Gasteiger partial charge in [-0.05, 0) is 17.7 Å². The number of hydrogen-bond donors (Lipinski definition) is 0. The average molecular weight is 171 g/mol. The number of fused-ring (bicyclic) bond motifs is 1. The van der Waals surface area contributed by atoms with E-state index in [-0.39, 0.29) is 5.41 Å². The third-order valence-corrected chi connectivity index (χ3v) is 2.65. The molecule has 0 N–H and O–H groups in total. The summed E-state index contributed by atoms with van der Waals surface area (Å²) in [6.45, 7) is 8.15. The highest BCUT2D eigenvalue weighted by Crippen LogP contribution is 2.39. The molecular formula is C12H13N. The van der Waals surface area contributed by atoms with Gasteiger partial charge in [0.2, 0.25) is 0 Å². The molecular weight excluding hydrogens is 158 g/mol. The lowest BCUT2D eigenvalue weighted by molar-refractivity contribution is 0.740. The summed E-state index contributed by atoms with van der Waals surface area (Å²) in [7, 11) is 0. The molecule has 1 heterocycles. The molecule has 0 fully saturated rings. The topological polar surface area (TPSA) is 12.4 Å². The second-order valence-electron chi connectivity index (χ2n) is 3.84. The van der Waals surface area contributed by atoms with Crippen molar-refractivity contribution in [1.82, 2.24) is 0 Å². The quantitative estimate of drug-likeness (QED) is 0.615. The van der Waals surface area contributed by atoms with Crippen LogP contribution in [0.3, 0.4) is 0 Å². The molecule has 13 heavy (non-hydrogen) atoms. The molecule has 0 saturated carbocycles. The monoisotopic (exact) mass is 171 g/mol. The molecule has 1 nitrogen and oxygen atoms in total. The Morgan fingerprint density at radius 1 is 1.31 bits per heavy atom. The number of rotatable bonds is 1. The SMILES string of the molecule is C=CC1=Nc2ccccc2C1(C)C. The van der Waals surface area contributed by atoms with Crippen LogP contribution in [0.4, 0.5) is 5.69 Å². The molecule has 0 radical (unpaired) electrons. The lowest BCUT2D eigenvalue weighted by Crippen LogP contribution is -2.23. The fourth-order valence-corrected chi connectivity index (χ4v) is 1.81. The molecule has 1 aliphatic heterocycles. The van der Waals surface area contributed by atoms with Gasteiger partial charge in [-0.3, -0.25) is 4.99 Å². The van der Waals surface area contributed by atoms with Crippen molar-refractivity contribution in [3.05, 3.63) is 42.5 Å². The maximum Gasteiger partial charge on any atom is 0.0674 e. The summed E-state index contributed by atoms with van der Waals surface area (Å²) < 4.78 is 0. The average Bonchev–Trinajstić information content (AvgIpc) is 2.39. The summed E-state index contributed by atoms with van der Waals surface area (Å²) in [5, 5.41) is 0. The maximum absolute atomic E-state index is 4.52. The second-order valence-corrected chi connectivity index (χ2v) is 3.84. The van der Waals surface area contributed by atoms with Crippen molar-refractivity contribution in [2.45, 2.75) is 19.3 Å². The fourth-order valence-electron chi connectivity index (χ4n) is 1.81. The summed E-state index contributed by atoms with van der Waals surface area (Å²) in [4.78, 5) is 4.52. The Labute approximate surface area is 78.8 Å². The maximum atomic E-state index is 4.52. The first kappa shape index (κ1) is 8.24. The van der Waals surface area contributed by atoms with Gasteiger partial charge in [-0.1, -0.05) is 38.6 Å². The van der Waals surface area contributed by atoms with E-state index >= 15 is 0 Å². The van der Waals surface area contributed by atoms with Crippen molar-refractivity contribution in [2.75, 3.05) is 0 Å². The molecule has 1 aromatic carbocycles. The van der Waals surface area contributed by atoms with Gasteiger partial charge in [0.1, 0.15) is 0 Å². The van der Waals surface area contributed by atoms with Gasteiger partial charge in [0, 0.05) is 5.41 Å². The first-order valence-electron chi connectivity index (χ1n) is 4.47. The molecule has 0 amide bonds. The molecule has 1 heteroatoms. The Bertz CT molecular complexity index is 386. The third-order valence-electron chi connectivity index (χ3n) is 2.65. The van der Waals surface area contributed by atoms with E-state index in [1.165, 1.54) is 5.56 Å². The van der Waals surface area contributed by atoms with Gasteiger partial charge >= 0.3 is 0 Å². The van der Waals surface area contributed by atoms with Crippen LogP contribution in [0.15, 0.2) is 41.9 Å². The highest BCUT2D eigenvalue weighted by molar-refractivity contribution is 6.08. The van der Waals surface area contributed by atoms with E-state index in [2.05, 4.69) is 37.6 Å². The predicted octanol–water partition coefficient (Wildman–Crippen LogP) is 3.24. The number of aliphatic imine (C=N–C) groups is 1. The predicted molar refractivity (Wildman–Crippen MR) is 56.8 cm³/mol. The van der Waals surface area contributed by atoms with E-state index in [0.717, 1.165) is 11.4 Å². The van der Waals surface area contributed by atoms with Crippen LogP contribution in [-0.4, -0.2) is 5.71 Å². The summed E-state index contributed by atoms with van der Waals surface area (Å²) in [6, 6.07) is 8.26. The Morgan fingerprint density at radius 2 is 2.00 bits per heavy atom. The number of nitrogens with zero attached hydrogens (tertiary/aromatic N) is 1. The van der Waals surface area contributed by atoms with Crippen LogP contribution < -0.4 is 0 Å². The van der Waals surface area contributed by atoms with Crippen LogP contribution in [-0.2, 0) is 5.41 Å². The Morgan fingerprint density at radius 3 is 2.62 bits per heavy atom. The van der Waals surface area contributed by atoms with Crippen molar-refractivity contribution in [2.24, 2.45) is 4.99 Å². The minimum absolute atomic E-state index is 0.0261. The normalized spacial score (nSPS) is 17.8. The first-order valence-corrected chi connectivity index (χ1v) is 4.47. The van der Waals surface area contributed by atoms with Crippen LogP contribution in [0, 0.1) is 0 Å². The minimum Gasteiger partial charge on any atom is -0.252 e. The van der Waals surface area contributed by atoms with Gasteiger partial charge in [-0.15, -0.1) is 0 Å². The summed E-state index contributed by atoms with van der Waals surface area (Å²) >= 11 is 0. The van der Waals surface area contributed by atoms with Gasteiger partial charge in [0.15, 0.2) is 0 Å². The fraction of sp³-hybridized carbons (Fsp3) is 0.250. The van der Waals surface area contributed by atoms with Crippen molar-refractivity contribution in [3.8, 4) is 0 Å². The summed E-state index contributed by atoms with van der Waals surface area (Å²) in [5.41, 5.74) is 3.47. The smallest absolute Gasteiger partial charge is 0.0674 e. The number of para-hydroxylation sites is 1. The van der Waals surface area contributed by atoms with Gasteiger partial charge in [-0.2, -0.15) is 0 Å². The second kappa shape index (κ2) is 2.56. The first-order chi connectivity index (χ1) is 6.16. The Balaban J connectivity index is 2.64. The molecule has 2 rings (SSSR count). The zero-order chi connectivity index (χ0) is 9.47. The van der Waals surface area contributed by atoms with Gasteiger partial charge in [0.05, 0.1) is 11.4 Å². The number of allylic oxidation sites excluding steroid dienone is 1. The molecule has 0 bridgehead atoms. The highest BCUT2D eigenvalue weighted by Gasteiger charge is 2.32. The zero-order valence-corrected chi connectivity index (χ0v) is 8.04. The van der Waals surface area contributed by atoms with Crippen molar-refractivity contribution in [3.63, 3.8) is 0 Å². The van der Waals surface area contributed by atoms with E-state index in [1.807, 2.05) is 18.2 Å². The molecule has 1 aliphatic rings. The van der Waals surface area contributed by atoms with Crippen LogP contribution in [0.25, 0.3) is 0 Å². The standard InChI is InChI=1S/C12H13N/c1-4-11-12(2,3)9-7-5-6-8-10(9)13-11/h4-8H,1H2,2-3H3. The molecule has 0 aliphatic carbocycles. The van der Waals surface area contributed by atoms with Gasteiger partial charge in [0.25, 0.3) is 0 Å². The third kappa shape index (κ3) is 1.04. The van der Waals surface area contributed by atoms with Crippen LogP contribution >= 0.6 is 0 Å². The summed E-state index contributed by atoms with van der Waals surface area (Å²) in [6.07, 6.45) is 1.85. The van der Waals surface area contributed by atoms with Crippen molar-refractivity contribution >= 4 is 11.4 Å². The van der Waals surface area contributed by atoms with Crippen molar-refractivity contribution in [1.29, 1.82) is 0 Å². The zero-order valence-electron chi connectivity index (χ0n) is 8.04. The highest BCUT2D eigenvalue weighted by atomic mass is 14.8. The Hall–Kier alpha value is -1.37. The van der Waals surface area contributed by atoms with Gasteiger partial charge < -0.3 is 0 Å². The van der Waals surface area contributed by atoms with E-state index in [9.17, 15) is 0 Å². The molecule has 0 aromatic heterocycles. The minimum atomic E-state index is 0.0261. The molecule has 0 unspecified atom stereocenters. The van der Waals surface area contributed by atoms with E-state index in [4.69, 9.17) is 0 Å². The number of hydrogen-bond acceptors (Lipinski definition) is 1. The molecule has 0 spiro atoms.